The molecule has 0 radical (unpaired) electrons. The van der Waals surface area contributed by atoms with Gasteiger partial charge in [-0.15, -0.1) is 22.7 Å². The van der Waals surface area contributed by atoms with Gasteiger partial charge in [-0.05, 0) is 24.4 Å². The molecule has 1 fully saturated rings. The molecule has 0 aliphatic carbocycles. The van der Waals surface area contributed by atoms with Crippen LogP contribution in [-0.2, 0) is 0 Å². The first-order chi connectivity index (χ1) is 9.34. The summed E-state index contributed by atoms with van der Waals surface area (Å²) in [6.07, 6.45) is 1.01. The number of nitrogens with zero attached hydrogens (tertiary/aromatic N) is 2. The summed E-state index contributed by atoms with van der Waals surface area (Å²) < 4.78 is 0. The first kappa shape index (κ1) is 12.8. The highest BCUT2D eigenvalue weighted by Gasteiger charge is 2.20. The van der Waals surface area contributed by atoms with E-state index < -0.39 is 0 Å². The number of thiophene rings is 1. The second-order valence-electron chi connectivity index (χ2n) is 4.41. The summed E-state index contributed by atoms with van der Waals surface area (Å²) >= 11 is 3.19. The maximum absolute atomic E-state index is 12.4. The lowest BCUT2D eigenvalue weighted by atomic mass is 10.3. The fraction of sp³-hybridized carbons (Fsp3) is 0.385. The lowest BCUT2D eigenvalue weighted by Crippen LogP contribution is -2.34. The largest absolute Gasteiger partial charge is 0.336 e. The van der Waals surface area contributed by atoms with Crippen LogP contribution in [0, 0.1) is 0 Å². The summed E-state index contributed by atoms with van der Waals surface area (Å²) in [7, 11) is 0. The fourth-order valence-electron chi connectivity index (χ4n) is 2.10. The predicted molar refractivity (Wildman–Crippen MR) is 78.8 cm³/mol. The van der Waals surface area contributed by atoms with Crippen LogP contribution >= 0.6 is 22.7 Å². The zero-order valence-electron chi connectivity index (χ0n) is 10.5. The summed E-state index contributed by atoms with van der Waals surface area (Å²) in [4.78, 5) is 19.9. The van der Waals surface area contributed by atoms with E-state index >= 15 is 0 Å². The molecule has 100 valence electrons. The topological polar surface area (TPSA) is 45.2 Å². The number of hydrogen-bond donors (Lipinski definition) is 1. The van der Waals surface area contributed by atoms with E-state index in [1.165, 1.54) is 0 Å². The van der Waals surface area contributed by atoms with Crippen LogP contribution in [0.25, 0.3) is 9.88 Å². The Morgan fingerprint density at radius 3 is 3.11 bits per heavy atom. The molecule has 0 bridgehead atoms. The Morgan fingerprint density at radius 1 is 1.32 bits per heavy atom. The van der Waals surface area contributed by atoms with E-state index in [1.54, 1.807) is 22.7 Å². The third-order valence-corrected chi connectivity index (χ3v) is 4.96. The Kier molecular flexibility index (Phi) is 3.91. The van der Waals surface area contributed by atoms with Crippen molar-refractivity contribution in [3.8, 4) is 9.88 Å². The smallest absolute Gasteiger partial charge is 0.273 e. The van der Waals surface area contributed by atoms with Crippen molar-refractivity contribution in [2.24, 2.45) is 0 Å². The zero-order chi connectivity index (χ0) is 13.1. The summed E-state index contributed by atoms with van der Waals surface area (Å²) in [5, 5.41) is 8.13. The minimum absolute atomic E-state index is 0.0581. The zero-order valence-corrected chi connectivity index (χ0v) is 12.1. The van der Waals surface area contributed by atoms with Crippen molar-refractivity contribution < 1.29 is 4.79 Å². The number of carbonyl (C=O) groups is 1. The second kappa shape index (κ2) is 5.81. The van der Waals surface area contributed by atoms with Gasteiger partial charge in [0.25, 0.3) is 5.91 Å². The SMILES string of the molecule is O=C(c1csc(-c2cccs2)n1)N1CCCNCC1. The van der Waals surface area contributed by atoms with Gasteiger partial charge in [-0.2, -0.15) is 0 Å². The van der Waals surface area contributed by atoms with Gasteiger partial charge in [0.05, 0.1) is 4.88 Å². The van der Waals surface area contributed by atoms with Crippen molar-refractivity contribution >= 4 is 28.6 Å². The Labute approximate surface area is 120 Å². The first-order valence-electron chi connectivity index (χ1n) is 6.34. The summed E-state index contributed by atoms with van der Waals surface area (Å²) in [5.41, 5.74) is 0.579. The molecular formula is C13H15N3OS2. The number of rotatable bonds is 2. The molecule has 6 heteroatoms. The molecule has 0 saturated carbocycles. The van der Waals surface area contributed by atoms with E-state index in [2.05, 4.69) is 10.3 Å². The van der Waals surface area contributed by atoms with E-state index in [1.807, 2.05) is 27.8 Å². The van der Waals surface area contributed by atoms with Crippen molar-refractivity contribution in [1.82, 2.24) is 15.2 Å². The van der Waals surface area contributed by atoms with Gasteiger partial charge < -0.3 is 10.2 Å². The van der Waals surface area contributed by atoms with Crippen LogP contribution in [0.15, 0.2) is 22.9 Å². The summed E-state index contributed by atoms with van der Waals surface area (Å²) in [6, 6.07) is 4.04. The number of amides is 1. The maximum atomic E-state index is 12.4. The van der Waals surface area contributed by atoms with Gasteiger partial charge in [-0.25, -0.2) is 4.98 Å². The molecular weight excluding hydrogens is 278 g/mol. The molecule has 2 aromatic rings. The van der Waals surface area contributed by atoms with E-state index in [4.69, 9.17) is 0 Å². The van der Waals surface area contributed by atoms with Crippen LogP contribution in [0.2, 0.25) is 0 Å². The quantitative estimate of drug-likeness (QED) is 0.924. The number of thiazole rings is 1. The van der Waals surface area contributed by atoms with Gasteiger partial charge >= 0.3 is 0 Å². The molecule has 3 rings (SSSR count). The average Bonchev–Trinajstić information content (AvgIpc) is 3.04. The van der Waals surface area contributed by atoms with Gasteiger partial charge in [0.2, 0.25) is 0 Å². The molecule has 1 saturated heterocycles. The molecule has 1 N–H and O–H groups in total. The first-order valence-corrected chi connectivity index (χ1v) is 8.10. The lowest BCUT2D eigenvalue weighted by molar-refractivity contribution is 0.0761. The normalized spacial score (nSPS) is 16.3. The minimum Gasteiger partial charge on any atom is -0.336 e. The van der Waals surface area contributed by atoms with Crippen molar-refractivity contribution in [2.75, 3.05) is 26.2 Å². The highest BCUT2D eigenvalue weighted by atomic mass is 32.1. The van der Waals surface area contributed by atoms with E-state index in [0.717, 1.165) is 42.5 Å². The van der Waals surface area contributed by atoms with Gasteiger partial charge in [0, 0.05) is 25.0 Å². The number of carbonyl (C=O) groups excluding carboxylic acids is 1. The number of aromatic nitrogens is 1. The van der Waals surface area contributed by atoms with Crippen LogP contribution in [0.4, 0.5) is 0 Å². The van der Waals surface area contributed by atoms with Gasteiger partial charge in [0.1, 0.15) is 10.7 Å². The molecule has 0 atom stereocenters. The molecule has 4 nitrogen and oxygen atoms in total. The minimum atomic E-state index is 0.0581. The van der Waals surface area contributed by atoms with E-state index in [9.17, 15) is 4.79 Å². The molecule has 0 spiro atoms. The van der Waals surface area contributed by atoms with Crippen LogP contribution < -0.4 is 5.32 Å². The Balaban J connectivity index is 1.76. The third kappa shape index (κ3) is 2.86. The van der Waals surface area contributed by atoms with Crippen molar-refractivity contribution in [1.29, 1.82) is 0 Å². The molecule has 3 heterocycles. The molecule has 0 aromatic carbocycles. The van der Waals surface area contributed by atoms with E-state index in [-0.39, 0.29) is 5.91 Å². The highest BCUT2D eigenvalue weighted by molar-refractivity contribution is 7.20. The van der Waals surface area contributed by atoms with Crippen LogP contribution in [0.5, 0.6) is 0 Å². The molecule has 0 unspecified atom stereocenters. The van der Waals surface area contributed by atoms with E-state index in [0.29, 0.717) is 5.69 Å². The van der Waals surface area contributed by atoms with Crippen molar-refractivity contribution in [3.05, 3.63) is 28.6 Å². The Hall–Kier alpha value is -1.24. The monoisotopic (exact) mass is 293 g/mol. The van der Waals surface area contributed by atoms with Gasteiger partial charge in [-0.1, -0.05) is 6.07 Å². The molecule has 1 aliphatic rings. The maximum Gasteiger partial charge on any atom is 0.273 e. The van der Waals surface area contributed by atoms with Gasteiger partial charge in [0.15, 0.2) is 0 Å². The van der Waals surface area contributed by atoms with Gasteiger partial charge in [-0.3, -0.25) is 4.79 Å². The average molecular weight is 293 g/mol. The van der Waals surface area contributed by atoms with Crippen LogP contribution in [0.1, 0.15) is 16.9 Å². The second-order valence-corrected chi connectivity index (χ2v) is 6.22. The Morgan fingerprint density at radius 2 is 2.26 bits per heavy atom. The number of hydrogen-bond acceptors (Lipinski definition) is 5. The fourth-order valence-corrected chi connectivity index (χ4v) is 3.70. The molecule has 19 heavy (non-hydrogen) atoms. The third-order valence-electron chi connectivity index (χ3n) is 3.08. The highest BCUT2D eigenvalue weighted by Crippen LogP contribution is 2.28. The van der Waals surface area contributed by atoms with Crippen LogP contribution in [0.3, 0.4) is 0 Å². The molecule has 1 aliphatic heterocycles. The summed E-state index contributed by atoms with van der Waals surface area (Å²) in [6.45, 7) is 3.44. The number of nitrogens with one attached hydrogen (secondary N) is 1. The van der Waals surface area contributed by atoms with Crippen molar-refractivity contribution in [3.63, 3.8) is 0 Å². The predicted octanol–water partition coefficient (Wildman–Crippen LogP) is 2.31. The Bertz CT molecular complexity index is 542. The molecule has 1 amide bonds. The lowest BCUT2D eigenvalue weighted by Gasteiger charge is -2.18. The van der Waals surface area contributed by atoms with Crippen molar-refractivity contribution in [2.45, 2.75) is 6.42 Å². The molecule has 2 aromatic heterocycles. The van der Waals surface area contributed by atoms with Crippen LogP contribution in [-0.4, -0.2) is 42.0 Å². The summed E-state index contributed by atoms with van der Waals surface area (Å²) in [5.74, 6) is 0.0581. The standard InChI is InChI=1S/C13H15N3OS2/c17-13(16-6-2-4-14-5-7-16)10-9-19-12(15-10)11-3-1-8-18-11/h1,3,8-9,14H,2,4-7H2.